The van der Waals surface area contributed by atoms with Crippen LogP contribution >= 0.6 is 0 Å². The fraction of sp³-hybridized carbons (Fsp3) is 0.0702. The number of nitrogens with one attached hydrogen (secondary N) is 2. The first-order chi connectivity index (χ1) is 30.8. The Bertz CT molecular complexity index is 3200. The molecular formula is C57H43N5. The van der Waals surface area contributed by atoms with E-state index in [1.165, 1.54) is 55.3 Å². The zero-order chi connectivity index (χ0) is 41.0. The van der Waals surface area contributed by atoms with Crippen molar-refractivity contribution in [3.63, 3.8) is 0 Å². The topological polar surface area (TPSA) is 44.6 Å². The third kappa shape index (κ3) is 6.08. The number of allylic oxidation sites excluding steroid dienone is 2. The van der Waals surface area contributed by atoms with Crippen LogP contribution in [0.5, 0.6) is 0 Å². The Labute approximate surface area is 361 Å². The lowest BCUT2D eigenvalue weighted by molar-refractivity contribution is 0.409. The summed E-state index contributed by atoms with van der Waals surface area (Å²) in [5, 5.41) is 10.3. The van der Waals surface area contributed by atoms with E-state index in [1.807, 2.05) is 0 Å². The van der Waals surface area contributed by atoms with Gasteiger partial charge in [0.1, 0.15) is 18.2 Å². The van der Waals surface area contributed by atoms with Gasteiger partial charge in [-0.2, -0.15) is 0 Å². The Kier molecular flexibility index (Phi) is 8.79. The van der Waals surface area contributed by atoms with Crippen LogP contribution in [0, 0.1) is 0 Å². The maximum Gasteiger partial charge on any atom is 0.131 e. The molecule has 12 rings (SSSR count). The Morgan fingerprint density at radius 2 is 1.15 bits per heavy atom. The maximum atomic E-state index is 5.30. The van der Waals surface area contributed by atoms with E-state index in [4.69, 9.17) is 4.99 Å². The standard InChI is InChI=1S/C57H43N5/c1-4-17-38(18-5-1)39-31-33-42(34-32-39)56-58-55(41-21-8-3-9-22-41)59-57(60-56)48-25-12-15-29-51(48)62-49-27-13-10-23-45(49)46-36-35-43(37-53(46)62)61-50-28-14-11-24-47(50)54-44(26-16-30-52(54)61)40-19-6-2-7-20-40/h1-37,45,49,56-57,60H,(H,58,59). The number of nitrogens with zero attached hydrogens (tertiary/aromatic N) is 3. The lowest BCUT2D eigenvalue weighted by atomic mass is 9.91. The lowest BCUT2D eigenvalue weighted by Crippen LogP contribution is -2.45. The number of benzene rings is 8. The van der Waals surface area contributed by atoms with Gasteiger partial charge in [0.2, 0.25) is 0 Å². The number of aliphatic imine (C=N–C) groups is 1. The molecule has 1 aromatic heterocycles. The molecule has 0 amide bonds. The van der Waals surface area contributed by atoms with Gasteiger partial charge in [-0.3, -0.25) is 5.32 Å². The summed E-state index contributed by atoms with van der Waals surface area (Å²) < 4.78 is 2.45. The zero-order valence-corrected chi connectivity index (χ0v) is 34.0. The molecule has 1 aliphatic carbocycles. The number of amidine groups is 1. The second-order valence-corrected chi connectivity index (χ2v) is 16.4. The number of anilines is 2. The molecule has 0 bridgehead atoms. The predicted octanol–water partition coefficient (Wildman–Crippen LogP) is 13.2. The molecule has 2 N–H and O–H groups in total. The van der Waals surface area contributed by atoms with Crippen molar-refractivity contribution < 1.29 is 0 Å². The number of hydrogen-bond donors (Lipinski definition) is 2. The molecular weight excluding hydrogens is 755 g/mol. The van der Waals surface area contributed by atoms with Crippen molar-refractivity contribution >= 4 is 39.0 Å². The van der Waals surface area contributed by atoms with Crippen molar-refractivity contribution in [1.82, 2.24) is 15.2 Å². The average molecular weight is 798 g/mol. The Morgan fingerprint density at radius 3 is 1.95 bits per heavy atom. The van der Waals surface area contributed by atoms with Crippen LogP contribution in [0.1, 0.15) is 40.5 Å². The molecule has 296 valence electrons. The summed E-state index contributed by atoms with van der Waals surface area (Å²) in [5.74, 6) is 1.08. The van der Waals surface area contributed by atoms with Crippen molar-refractivity contribution in [3.05, 3.63) is 247 Å². The third-order valence-electron chi connectivity index (χ3n) is 12.8. The minimum absolute atomic E-state index is 0.112. The molecule has 62 heavy (non-hydrogen) atoms. The molecule has 0 saturated carbocycles. The highest BCUT2D eigenvalue weighted by molar-refractivity contribution is 6.15. The van der Waals surface area contributed by atoms with E-state index >= 15 is 0 Å². The lowest BCUT2D eigenvalue weighted by Gasteiger charge is -2.36. The summed E-state index contributed by atoms with van der Waals surface area (Å²) in [6, 6.07) is 72.3. The first-order valence-corrected chi connectivity index (χ1v) is 21.5. The smallest absolute Gasteiger partial charge is 0.131 e. The minimum Gasteiger partial charge on any atom is -0.350 e. The fourth-order valence-electron chi connectivity index (χ4n) is 9.97. The Hall–Kier alpha value is -7.73. The van der Waals surface area contributed by atoms with Gasteiger partial charge in [-0.25, -0.2) is 4.99 Å². The molecule has 8 aromatic carbocycles. The van der Waals surface area contributed by atoms with Crippen LogP contribution in [0.3, 0.4) is 0 Å². The monoisotopic (exact) mass is 797 g/mol. The molecule has 0 radical (unpaired) electrons. The number of aromatic nitrogens is 1. The van der Waals surface area contributed by atoms with Gasteiger partial charge in [0, 0.05) is 44.9 Å². The highest BCUT2D eigenvalue weighted by Crippen LogP contribution is 2.50. The zero-order valence-electron chi connectivity index (χ0n) is 34.0. The Balaban J connectivity index is 0.980. The van der Waals surface area contributed by atoms with E-state index in [1.54, 1.807) is 0 Å². The molecule has 5 nitrogen and oxygen atoms in total. The maximum absolute atomic E-state index is 5.30. The number of rotatable bonds is 7. The summed E-state index contributed by atoms with van der Waals surface area (Å²) in [4.78, 5) is 7.87. The third-order valence-corrected chi connectivity index (χ3v) is 12.8. The van der Waals surface area contributed by atoms with Crippen LogP contribution in [0.25, 0.3) is 49.7 Å². The summed E-state index contributed by atoms with van der Waals surface area (Å²) in [5.41, 5.74) is 15.4. The second kappa shape index (κ2) is 15.1. The van der Waals surface area contributed by atoms with Gasteiger partial charge in [0.25, 0.3) is 0 Å². The van der Waals surface area contributed by atoms with Crippen molar-refractivity contribution in [1.29, 1.82) is 0 Å². The molecule has 4 unspecified atom stereocenters. The fourth-order valence-corrected chi connectivity index (χ4v) is 9.97. The quantitative estimate of drug-likeness (QED) is 0.169. The normalized spacial score (nSPS) is 19.0. The van der Waals surface area contributed by atoms with Crippen LogP contribution in [-0.4, -0.2) is 16.4 Å². The molecule has 3 heterocycles. The van der Waals surface area contributed by atoms with Gasteiger partial charge < -0.3 is 14.8 Å². The van der Waals surface area contributed by atoms with Crippen LogP contribution in [-0.2, 0) is 0 Å². The van der Waals surface area contributed by atoms with E-state index in [0.29, 0.717) is 0 Å². The summed E-state index contributed by atoms with van der Waals surface area (Å²) in [6.45, 7) is 0. The number of hydrogen-bond acceptors (Lipinski definition) is 4. The van der Waals surface area contributed by atoms with Crippen molar-refractivity contribution in [2.75, 3.05) is 4.90 Å². The molecule has 3 aliphatic rings. The van der Waals surface area contributed by atoms with E-state index in [-0.39, 0.29) is 24.3 Å². The second-order valence-electron chi connectivity index (χ2n) is 16.4. The van der Waals surface area contributed by atoms with Gasteiger partial charge in [0.05, 0.1) is 17.1 Å². The molecule has 9 aromatic rings. The Morgan fingerprint density at radius 1 is 0.484 bits per heavy atom. The van der Waals surface area contributed by atoms with Crippen LogP contribution < -0.4 is 15.5 Å². The van der Waals surface area contributed by atoms with Crippen LogP contribution in [0.2, 0.25) is 0 Å². The van der Waals surface area contributed by atoms with Crippen molar-refractivity contribution in [2.45, 2.75) is 24.3 Å². The van der Waals surface area contributed by atoms with E-state index in [0.717, 1.165) is 33.9 Å². The first kappa shape index (κ1) is 36.1. The molecule has 2 aliphatic heterocycles. The molecule has 0 fully saturated rings. The number of para-hydroxylation sites is 2. The molecule has 0 saturated heterocycles. The van der Waals surface area contributed by atoms with Crippen LogP contribution in [0.15, 0.2) is 229 Å². The highest BCUT2D eigenvalue weighted by Gasteiger charge is 2.40. The van der Waals surface area contributed by atoms with E-state index < -0.39 is 0 Å². The largest absolute Gasteiger partial charge is 0.350 e. The SMILES string of the molecule is C1=CC2c3ccc(-n4c5ccccc5c5c(-c6ccccc6)cccc54)cc3N(c3ccccc3C3NC(c4ccccc4)=NC(c4ccc(-c5ccccc5)cc4)N3)C2C=C1. The van der Waals surface area contributed by atoms with Crippen molar-refractivity contribution in [3.8, 4) is 27.9 Å². The predicted molar refractivity (Wildman–Crippen MR) is 256 cm³/mol. The van der Waals surface area contributed by atoms with Gasteiger partial charge >= 0.3 is 0 Å². The van der Waals surface area contributed by atoms with Gasteiger partial charge in [0.15, 0.2) is 0 Å². The minimum atomic E-state index is -0.270. The molecule has 5 heteroatoms. The number of fused-ring (bicyclic) bond motifs is 6. The van der Waals surface area contributed by atoms with Gasteiger partial charge in [-0.1, -0.05) is 194 Å². The highest BCUT2D eigenvalue weighted by atomic mass is 15.3. The molecule has 4 atom stereocenters. The van der Waals surface area contributed by atoms with Gasteiger partial charge in [-0.15, -0.1) is 0 Å². The summed E-state index contributed by atoms with van der Waals surface area (Å²) in [6.07, 6.45) is 8.63. The van der Waals surface area contributed by atoms with E-state index in [9.17, 15) is 0 Å². The van der Waals surface area contributed by atoms with Crippen molar-refractivity contribution in [2.24, 2.45) is 4.99 Å². The van der Waals surface area contributed by atoms with E-state index in [2.05, 4.69) is 245 Å². The molecule has 0 spiro atoms. The van der Waals surface area contributed by atoms with Gasteiger partial charge in [-0.05, 0) is 63.7 Å². The first-order valence-electron chi connectivity index (χ1n) is 21.5. The average Bonchev–Trinajstić information content (AvgIpc) is 3.87. The van der Waals surface area contributed by atoms with Crippen LogP contribution in [0.4, 0.5) is 11.4 Å². The summed E-state index contributed by atoms with van der Waals surface area (Å²) >= 11 is 0. The summed E-state index contributed by atoms with van der Waals surface area (Å²) in [7, 11) is 0.